The molecule has 0 unspecified atom stereocenters. The largest absolute Gasteiger partial charge is 0.416 e. The van der Waals surface area contributed by atoms with Gasteiger partial charge in [-0.2, -0.15) is 13.2 Å². The molecule has 10 N–H and O–H groups in total. The van der Waals surface area contributed by atoms with Gasteiger partial charge in [0.05, 0.1) is 5.56 Å². The molecule has 14 nitrogen and oxygen atoms in total. The van der Waals surface area contributed by atoms with Crippen LogP contribution in [0.5, 0.6) is 0 Å². The minimum atomic E-state index is -5.64. The smallest absolute Gasteiger partial charge is 0.362 e. The van der Waals surface area contributed by atoms with Crippen LogP contribution in [0.4, 0.5) is 24.5 Å². The van der Waals surface area contributed by atoms with Gasteiger partial charge >= 0.3 is 36.6 Å². The zero-order chi connectivity index (χ0) is 23.9. The lowest BCUT2D eigenvalue weighted by atomic mass is 10.1. The van der Waals surface area contributed by atoms with Crippen LogP contribution in [-0.4, -0.2) is 50.2 Å². The summed E-state index contributed by atoms with van der Waals surface area (Å²) in [6.45, 7) is 0. The fourth-order valence-electron chi connectivity index (χ4n) is 1.98. The lowest BCUT2D eigenvalue weighted by molar-refractivity contribution is -0.137. The molecule has 0 bridgehead atoms. The van der Waals surface area contributed by atoms with Crippen molar-refractivity contribution >= 4 is 41.8 Å². The van der Waals surface area contributed by atoms with Crippen LogP contribution in [0, 0.1) is 0 Å². The Balaban J connectivity index is 3.58. The highest BCUT2D eigenvalue weighted by atomic mass is 31.2. The molecule has 30 heavy (non-hydrogen) atoms. The molecule has 0 saturated carbocycles. The van der Waals surface area contributed by atoms with Crippen molar-refractivity contribution in [1.82, 2.24) is 0 Å². The number of hydrogen-bond acceptors (Lipinski definition) is 6. The van der Waals surface area contributed by atoms with Crippen LogP contribution < -0.4 is 10.6 Å². The fraction of sp³-hybridized carbons (Fsp3) is 0.333. The van der Waals surface area contributed by atoms with Gasteiger partial charge in [0.25, 0.3) is 0 Å². The summed E-state index contributed by atoms with van der Waals surface area (Å²) < 4.78 is 84.4. The number of hydrogen-bond donors (Lipinski definition) is 10. The second-order valence-electron chi connectivity index (χ2n) is 5.69. The van der Waals surface area contributed by atoms with Gasteiger partial charge in [0.2, 0.25) is 11.0 Å². The lowest BCUT2D eigenvalue weighted by Gasteiger charge is -2.25. The van der Waals surface area contributed by atoms with Crippen molar-refractivity contribution in [1.29, 1.82) is 0 Å². The molecule has 1 aromatic carbocycles. The zero-order valence-corrected chi connectivity index (χ0v) is 17.6. The third-order valence-corrected chi connectivity index (χ3v) is 9.80. The molecule has 0 heterocycles. The van der Waals surface area contributed by atoms with Gasteiger partial charge in [-0.3, -0.25) is 18.3 Å². The van der Waals surface area contributed by atoms with Crippen LogP contribution in [-0.2, 0) is 24.4 Å². The molecule has 0 aliphatic carbocycles. The molecule has 0 spiro atoms. The van der Waals surface area contributed by atoms with Gasteiger partial charge in [0.1, 0.15) is 0 Å². The molecular weight excluding hydrogens is 509 g/mol. The quantitative estimate of drug-likeness (QED) is 0.211. The normalized spacial score (nSPS) is 14.3. The molecular formula is C9H15F3N2O12P4. The van der Waals surface area contributed by atoms with E-state index >= 15 is 0 Å². The van der Waals surface area contributed by atoms with Crippen molar-refractivity contribution in [2.24, 2.45) is 0 Å². The maximum absolute atomic E-state index is 13.1. The Kier molecular flexibility index (Phi) is 7.83. The fourth-order valence-corrected chi connectivity index (χ4v) is 6.39. The average molecular weight is 524 g/mol. The van der Waals surface area contributed by atoms with E-state index in [0.29, 0.717) is 6.07 Å². The second-order valence-corrected chi connectivity index (χ2v) is 13.3. The van der Waals surface area contributed by atoms with Crippen LogP contribution in [0.3, 0.4) is 0 Å². The molecule has 0 aliphatic heterocycles. The summed E-state index contributed by atoms with van der Waals surface area (Å²) in [5.41, 5.74) is -9.62. The molecule has 0 saturated heterocycles. The number of benzene rings is 1. The van der Waals surface area contributed by atoms with E-state index in [4.69, 9.17) is 39.1 Å². The molecule has 1 rings (SSSR count). The number of anilines is 2. The summed E-state index contributed by atoms with van der Waals surface area (Å²) >= 11 is 0. The molecule has 21 heteroatoms. The maximum Gasteiger partial charge on any atom is 0.416 e. The van der Waals surface area contributed by atoms with Crippen LogP contribution in [0.2, 0.25) is 0 Å². The third-order valence-electron chi connectivity index (χ3n) is 3.13. The molecule has 0 aromatic heterocycles. The summed E-state index contributed by atoms with van der Waals surface area (Å²) in [7, 11) is -22.6. The van der Waals surface area contributed by atoms with E-state index < -0.39 is 64.5 Å². The highest BCUT2D eigenvalue weighted by molar-refractivity contribution is 7.71. The number of halogens is 3. The monoisotopic (exact) mass is 524 g/mol. The SMILES string of the molecule is O=P(O)(O)C(Nc1cc(NC(P(=O)(O)O)P(=O)(O)O)cc(C(F)(F)F)c1)P(=O)(O)O. The third kappa shape index (κ3) is 7.72. The Morgan fingerprint density at radius 2 is 0.900 bits per heavy atom. The standard InChI is InChI=1S/C9H15F3N2O12P4/c10-9(11,12)4-1-5(13-7(27(15,16)17)28(18,19)20)3-6(2-4)14-8(29(21,22)23)30(24,25)26/h1-3,7-8,13-14H,(H2,15,16,17)(H2,18,19,20)(H2,21,22,23)(H2,24,25,26). The minimum absolute atomic E-state index is 0.146. The Bertz CT molecular complexity index is 865. The highest BCUT2D eigenvalue weighted by Gasteiger charge is 2.45. The predicted molar refractivity (Wildman–Crippen MR) is 94.4 cm³/mol. The zero-order valence-electron chi connectivity index (χ0n) is 14.0. The van der Waals surface area contributed by atoms with Crippen molar-refractivity contribution in [3.05, 3.63) is 23.8 Å². The maximum atomic E-state index is 13.1. The van der Waals surface area contributed by atoms with Crippen LogP contribution >= 0.6 is 30.4 Å². The molecule has 0 aliphatic rings. The molecule has 0 fully saturated rings. The topological polar surface area (TPSA) is 254 Å². The summed E-state index contributed by atoms with van der Waals surface area (Å²) in [6.07, 6.45) is -5.19. The number of nitrogens with one attached hydrogen (secondary N) is 2. The lowest BCUT2D eigenvalue weighted by Crippen LogP contribution is -2.22. The van der Waals surface area contributed by atoms with Gasteiger partial charge in [-0.05, 0) is 18.2 Å². The molecule has 1 aromatic rings. The Labute approximate surface area is 164 Å². The Morgan fingerprint density at radius 3 is 1.10 bits per heavy atom. The number of alkyl halides is 3. The molecule has 0 amide bonds. The molecule has 174 valence electrons. The molecule has 0 atom stereocenters. The van der Waals surface area contributed by atoms with Gasteiger partial charge < -0.3 is 49.8 Å². The second kappa shape index (κ2) is 8.62. The van der Waals surface area contributed by atoms with E-state index in [9.17, 15) is 31.4 Å². The van der Waals surface area contributed by atoms with Crippen molar-refractivity contribution < 1.29 is 70.6 Å². The first-order valence-corrected chi connectivity index (χ1v) is 13.7. The molecule has 0 radical (unpaired) electrons. The highest BCUT2D eigenvalue weighted by Crippen LogP contribution is 2.61. The Hall–Kier alpha value is -0.790. The van der Waals surface area contributed by atoms with Crippen molar-refractivity contribution in [2.45, 2.75) is 17.2 Å². The van der Waals surface area contributed by atoms with Crippen LogP contribution in [0.15, 0.2) is 18.2 Å². The first-order chi connectivity index (χ1) is 13.0. The Morgan fingerprint density at radius 1 is 0.633 bits per heavy atom. The van der Waals surface area contributed by atoms with E-state index in [1.54, 1.807) is 0 Å². The minimum Gasteiger partial charge on any atom is -0.362 e. The summed E-state index contributed by atoms with van der Waals surface area (Å²) in [4.78, 5) is 72.4. The van der Waals surface area contributed by atoms with Crippen molar-refractivity contribution in [2.75, 3.05) is 10.6 Å². The van der Waals surface area contributed by atoms with Gasteiger partial charge in [-0.1, -0.05) is 0 Å². The average Bonchev–Trinajstić information content (AvgIpc) is 2.44. The van der Waals surface area contributed by atoms with Gasteiger partial charge in [0.15, 0.2) is 0 Å². The summed E-state index contributed by atoms with van der Waals surface area (Å²) in [5.74, 6) is 0. The van der Waals surface area contributed by atoms with Crippen LogP contribution in [0.1, 0.15) is 5.56 Å². The van der Waals surface area contributed by atoms with E-state index in [0.717, 1.165) is 0 Å². The summed E-state index contributed by atoms with van der Waals surface area (Å²) in [5, 5.41) is 3.02. The first-order valence-electron chi connectivity index (χ1n) is 6.99. The van der Waals surface area contributed by atoms with E-state index in [2.05, 4.69) is 0 Å². The van der Waals surface area contributed by atoms with Gasteiger partial charge in [-0.25, -0.2) is 0 Å². The van der Waals surface area contributed by atoms with Gasteiger partial charge in [0, 0.05) is 11.4 Å². The van der Waals surface area contributed by atoms with E-state index in [1.807, 2.05) is 0 Å². The summed E-state index contributed by atoms with van der Waals surface area (Å²) in [6, 6.07) is 0.729. The van der Waals surface area contributed by atoms with E-state index in [-0.39, 0.29) is 12.1 Å². The van der Waals surface area contributed by atoms with E-state index in [1.165, 1.54) is 10.6 Å². The van der Waals surface area contributed by atoms with Gasteiger partial charge in [-0.15, -0.1) is 0 Å². The van der Waals surface area contributed by atoms with Crippen molar-refractivity contribution in [3.63, 3.8) is 0 Å². The van der Waals surface area contributed by atoms with Crippen molar-refractivity contribution in [3.8, 4) is 0 Å². The van der Waals surface area contributed by atoms with Crippen LogP contribution in [0.25, 0.3) is 0 Å². The number of rotatable bonds is 8. The predicted octanol–water partition coefficient (Wildman–Crippen LogP) is 0.807. The first kappa shape index (κ1) is 27.2.